The molecule has 114 valence electrons. The predicted octanol–water partition coefficient (Wildman–Crippen LogP) is 3.00. The van der Waals surface area contributed by atoms with E-state index in [1.54, 1.807) is 36.4 Å². The Bertz CT molecular complexity index is 493. The topological polar surface area (TPSA) is 49.8 Å². The summed E-state index contributed by atoms with van der Waals surface area (Å²) < 4.78 is 31.6. The summed E-state index contributed by atoms with van der Waals surface area (Å²) in [4.78, 5) is 12.3. The van der Waals surface area contributed by atoms with E-state index in [4.69, 9.17) is 4.74 Å². The second-order valence-electron chi connectivity index (χ2n) is 4.87. The van der Waals surface area contributed by atoms with Crippen LogP contribution in [0.5, 0.6) is 0 Å². The molecule has 0 saturated heterocycles. The van der Waals surface area contributed by atoms with Crippen molar-refractivity contribution in [3.8, 4) is 0 Å². The second kappa shape index (κ2) is 7.17. The molecule has 2 rings (SSSR count). The second-order valence-corrected chi connectivity index (χ2v) is 4.87. The zero-order valence-electron chi connectivity index (χ0n) is 11.4. The number of halogens is 2. The molecule has 2 atom stereocenters. The highest BCUT2D eigenvalue weighted by Crippen LogP contribution is 2.23. The van der Waals surface area contributed by atoms with Crippen LogP contribution in [0.2, 0.25) is 0 Å². The molecule has 0 unspecified atom stereocenters. The minimum atomic E-state index is -2.64. The third-order valence-corrected chi connectivity index (χ3v) is 3.37. The molecular weight excluding hydrogens is 280 g/mol. The summed E-state index contributed by atoms with van der Waals surface area (Å²) in [6, 6.07) is 8.90. The van der Waals surface area contributed by atoms with E-state index in [0.29, 0.717) is 6.61 Å². The maximum absolute atomic E-state index is 13.2. The Morgan fingerprint density at radius 1 is 1.38 bits per heavy atom. The summed E-state index contributed by atoms with van der Waals surface area (Å²) >= 11 is 0. The number of hydrogen-bond donors (Lipinski definition) is 1. The quantitative estimate of drug-likeness (QED) is 0.821. The van der Waals surface area contributed by atoms with Gasteiger partial charge in [-0.15, -0.1) is 0 Å². The van der Waals surface area contributed by atoms with Gasteiger partial charge in [0.05, 0.1) is 18.6 Å². The van der Waals surface area contributed by atoms with Gasteiger partial charge in [0.25, 0.3) is 0 Å². The largest absolute Gasteiger partial charge is 0.465 e. The first kappa shape index (κ1) is 15.4. The smallest absolute Gasteiger partial charge is 0.407 e. The van der Waals surface area contributed by atoms with E-state index in [1.165, 1.54) is 0 Å². The molecule has 1 N–H and O–H groups in total. The fourth-order valence-electron chi connectivity index (χ4n) is 2.27. The van der Waals surface area contributed by atoms with E-state index in [0.717, 1.165) is 10.5 Å². The Morgan fingerprint density at radius 3 is 2.62 bits per heavy atom. The molecule has 0 bridgehead atoms. The Morgan fingerprint density at radius 2 is 2.10 bits per heavy atom. The van der Waals surface area contributed by atoms with Crippen LogP contribution < -0.4 is 0 Å². The van der Waals surface area contributed by atoms with Gasteiger partial charge in [0.15, 0.2) is 0 Å². The van der Waals surface area contributed by atoms with Gasteiger partial charge in [0.1, 0.15) is 0 Å². The van der Waals surface area contributed by atoms with Crippen molar-refractivity contribution in [1.29, 1.82) is 0 Å². The zero-order valence-corrected chi connectivity index (χ0v) is 11.4. The highest BCUT2D eigenvalue weighted by Gasteiger charge is 2.33. The molecule has 1 aromatic carbocycles. The third-order valence-electron chi connectivity index (χ3n) is 3.37. The van der Waals surface area contributed by atoms with E-state index < -0.39 is 24.5 Å². The Labute approximate surface area is 121 Å². The van der Waals surface area contributed by atoms with Crippen molar-refractivity contribution in [3.05, 3.63) is 48.0 Å². The van der Waals surface area contributed by atoms with Gasteiger partial charge < -0.3 is 14.7 Å². The first-order chi connectivity index (χ1) is 10.1. The molecule has 6 heteroatoms. The molecule has 21 heavy (non-hydrogen) atoms. The van der Waals surface area contributed by atoms with E-state index in [-0.39, 0.29) is 13.1 Å². The first-order valence-corrected chi connectivity index (χ1v) is 6.66. The number of alkyl halides is 2. The summed E-state index contributed by atoms with van der Waals surface area (Å²) in [5.41, 5.74) is 0.760. The number of ether oxygens (including phenoxy) is 1. The van der Waals surface area contributed by atoms with E-state index >= 15 is 0 Å². The maximum Gasteiger partial charge on any atom is 0.407 e. The maximum atomic E-state index is 13.2. The molecule has 0 saturated carbocycles. The first-order valence-electron chi connectivity index (χ1n) is 6.66. The van der Waals surface area contributed by atoms with Gasteiger partial charge in [-0.3, -0.25) is 0 Å². The van der Waals surface area contributed by atoms with Crippen LogP contribution in [-0.2, 0) is 11.3 Å². The van der Waals surface area contributed by atoms with Crippen LogP contribution in [0.25, 0.3) is 0 Å². The lowest BCUT2D eigenvalue weighted by atomic mass is 10.0. The van der Waals surface area contributed by atoms with Crippen LogP contribution in [0.3, 0.4) is 0 Å². The van der Waals surface area contributed by atoms with Crippen LogP contribution in [0.15, 0.2) is 42.5 Å². The number of amides is 1. The van der Waals surface area contributed by atoms with Crippen molar-refractivity contribution in [2.75, 3.05) is 13.2 Å². The van der Waals surface area contributed by atoms with Gasteiger partial charge in [-0.2, -0.15) is 0 Å². The predicted molar refractivity (Wildman–Crippen MR) is 73.3 cm³/mol. The van der Waals surface area contributed by atoms with Crippen LogP contribution in [-0.4, -0.2) is 41.8 Å². The summed E-state index contributed by atoms with van der Waals surface area (Å²) in [5, 5.41) is 9.23. The fourth-order valence-corrected chi connectivity index (χ4v) is 2.27. The minimum Gasteiger partial charge on any atom is -0.465 e. The van der Waals surface area contributed by atoms with Gasteiger partial charge in [-0.1, -0.05) is 42.5 Å². The van der Waals surface area contributed by atoms with Gasteiger partial charge in [0, 0.05) is 13.1 Å². The van der Waals surface area contributed by atoms with Crippen LogP contribution in [0.4, 0.5) is 13.6 Å². The van der Waals surface area contributed by atoms with Crippen LogP contribution in [0.1, 0.15) is 5.56 Å². The average Bonchev–Trinajstić information content (AvgIpc) is 2.97. The zero-order chi connectivity index (χ0) is 15.2. The number of carboxylic acid groups (broad SMARTS) is 1. The molecule has 1 aliphatic heterocycles. The standard InChI is InChI=1S/C15H17F2NO3/c16-14(17)12(13-7-4-8-21-13)10-18(15(19)20)9-11-5-2-1-3-6-11/h1-7,12-14H,8-10H2,(H,19,20)/t12-,13-/m0/s1. The van der Waals surface area contributed by atoms with Crippen molar-refractivity contribution < 1.29 is 23.4 Å². The van der Waals surface area contributed by atoms with Gasteiger partial charge >= 0.3 is 6.09 Å². The van der Waals surface area contributed by atoms with Crippen molar-refractivity contribution in [2.45, 2.75) is 19.1 Å². The van der Waals surface area contributed by atoms with E-state index in [2.05, 4.69) is 0 Å². The van der Waals surface area contributed by atoms with Crippen LogP contribution >= 0.6 is 0 Å². The lowest BCUT2D eigenvalue weighted by molar-refractivity contribution is -0.0239. The van der Waals surface area contributed by atoms with E-state index in [1.807, 2.05) is 6.07 Å². The molecule has 1 aliphatic rings. The van der Waals surface area contributed by atoms with Gasteiger partial charge in [0.2, 0.25) is 6.43 Å². The van der Waals surface area contributed by atoms with Crippen molar-refractivity contribution >= 4 is 6.09 Å². The summed E-state index contributed by atoms with van der Waals surface area (Å²) in [6.45, 7) is 0.104. The van der Waals surface area contributed by atoms with Crippen LogP contribution in [0, 0.1) is 5.92 Å². The summed E-state index contributed by atoms with van der Waals surface area (Å²) in [5.74, 6) is -1.16. The van der Waals surface area contributed by atoms with Crippen molar-refractivity contribution in [3.63, 3.8) is 0 Å². The molecule has 0 aliphatic carbocycles. The molecule has 0 radical (unpaired) electrons. The Kier molecular flexibility index (Phi) is 5.27. The fraction of sp³-hybridized carbons (Fsp3) is 0.400. The molecular formula is C15H17F2NO3. The number of nitrogens with zero attached hydrogens (tertiary/aromatic N) is 1. The normalized spacial score (nSPS) is 18.9. The number of hydrogen-bond acceptors (Lipinski definition) is 2. The summed E-state index contributed by atoms with van der Waals surface area (Å²) in [7, 11) is 0. The third kappa shape index (κ3) is 4.26. The average molecular weight is 297 g/mol. The lowest BCUT2D eigenvalue weighted by Crippen LogP contribution is -2.40. The molecule has 1 heterocycles. The Balaban J connectivity index is 2.06. The molecule has 0 spiro atoms. The highest BCUT2D eigenvalue weighted by atomic mass is 19.3. The van der Waals surface area contributed by atoms with Gasteiger partial charge in [-0.25, -0.2) is 13.6 Å². The minimum absolute atomic E-state index is 0.0792. The Hall–Kier alpha value is -1.95. The lowest BCUT2D eigenvalue weighted by Gasteiger charge is -2.27. The molecule has 0 aromatic heterocycles. The monoisotopic (exact) mass is 297 g/mol. The van der Waals surface area contributed by atoms with E-state index in [9.17, 15) is 18.7 Å². The summed E-state index contributed by atoms with van der Waals surface area (Å²) in [6.07, 6.45) is -1.36. The molecule has 1 aromatic rings. The highest BCUT2D eigenvalue weighted by molar-refractivity contribution is 5.65. The van der Waals surface area contributed by atoms with Crippen molar-refractivity contribution in [1.82, 2.24) is 4.90 Å². The SMILES string of the molecule is O=C(O)N(Cc1ccccc1)C[C@H](C(F)F)[C@@H]1C=CCO1. The molecule has 0 fully saturated rings. The molecule has 1 amide bonds. The number of carbonyl (C=O) groups is 1. The van der Waals surface area contributed by atoms with Crippen molar-refractivity contribution in [2.24, 2.45) is 5.92 Å². The number of benzene rings is 1. The number of rotatable bonds is 6. The molecule has 4 nitrogen and oxygen atoms in total. The van der Waals surface area contributed by atoms with Gasteiger partial charge in [-0.05, 0) is 5.56 Å².